The molecule has 0 aliphatic heterocycles. The van der Waals surface area contributed by atoms with E-state index in [9.17, 15) is 4.79 Å². The predicted octanol–water partition coefficient (Wildman–Crippen LogP) is 1.79. The normalized spacial score (nSPS) is 11.9. The number of rotatable bonds is 5. The van der Waals surface area contributed by atoms with Crippen molar-refractivity contribution in [2.45, 2.75) is 13.0 Å². The van der Waals surface area contributed by atoms with Crippen molar-refractivity contribution in [3.8, 4) is 0 Å². The molecule has 0 bridgehead atoms. The molecule has 0 saturated carbocycles. The third-order valence-electron chi connectivity index (χ3n) is 2.36. The molecule has 0 radical (unpaired) electrons. The molecule has 0 fully saturated rings. The van der Waals surface area contributed by atoms with Gasteiger partial charge in [0.05, 0.1) is 11.4 Å². The highest BCUT2D eigenvalue weighted by Crippen LogP contribution is 2.21. The lowest BCUT2D eigenvalue weighted by atomic mass is 10.1. The summed E-state index contributed by atoms with van der Waals surface area (Å²) >= 11 is 1.77. The van der Waals surface area contributed by atoms with Crippen molar-refractivity contribution in [3.05, 3.63) is 23.8 Å². The Hall–Kier alpha value is -1.36. The predicted molar refractivity (Wildman–Crippen MR) is 75.7 cm³/mol. The smallest absolute Gasteiger partial charge is 0.251 e. The molecule has 0 aliphatic rings. The van der Waals surface area contributed by atoms with Gasteiger partial charge in [0.2, 0.25) is 0 Å². The van der Waals surface area contributed by atoms with E-state index in [0.717, 1.165) is 11.4 Å². The van der Waals surface area contributed by atoms with Gasteiger partial charge in [0.1, 0.15) is 0 Å². The quantitative estimate of drug-likeness (QED) is 0.700. The first-order valence-corrected chi connectivity index (χ1v) is 6.85. The average molecular weight is 253 g/mol. The summed E-state index contributed by atoms with van der Waals surface area (Å²) in [6.07, 6.45) is 2.06. The van der Waals surface area contributed by atoms with Crippen molar-refractivity contribution >= 4 is 29.0 Å². The van der Waals surface area contributed by atoms with Crippen molar-refractivity contribution in [3.63, 3.8) is 0 Å². The maximum Gasteiger partial charge on any atom is 0.251 e. The molecule has 17 heavy (non-hydrogen) atoms. The van der Waals surface area contributed by atoms with Crippen molar-refractivity contribution in [1.82, 2.24) is 5.32 Å². The largest absolute Gasteiger partial charge is 0.397 e. The summed E-state index contributed by atoms with van der Waals surface area (Å²) in [7, 11) is 1.61. The van der Waals surface area contributed by atoms with E-state index >= 15 is 0 Å². The molecule has 0 saturated heterocycles. The van der Waals surface area contributed by atoms with Gasteiger partial charge < -0.3 is 16.4 Å². The molecule has 0 spiro atoms. The van der Waals surface area contributed by atoms with E-state index in [4.69, 9.17) is 5.73 Å². The third kappa shape index (κ3) is 3.85. The summed E-state index contributed by atoms with van der Waals surface area (Å²) in [5, 5.41) is 5.90. The van der Waals surface area contributed by atoms with Crippen LogP contribution in [0.15, 0.2) is 18.2 Å². The number of nitrogens with one attached hydrogen (secondary N) is 2. The molecule has 1 aromatic rings. The fraction of sp³-hybridized carbons (Fsp3) is 0.417. The van der Waals surface area contributed by atoms with E-state index in [1.807, 2.05) is 0 Å². The van der Waals surface area contributed by atoms with Crippen LogP contribution in [0.25, 0.3) is 0 Å². The summed E-state index contributed by atoms with van der Waals surface area (Å²) < 4.78 is 0. The minimum atomic E-state index is -0.106. The highest BCUT2D eigenvalue weighted by atomic mass is 32.2. The molecule has 5 heteroatoms. The zero-order valence-electron chi connectivity index (χ0n) is 10.4. The average Bonchev–Trinajstić information content (AvgIpc) is 2.31. The molecule has 1 aromatic carbocycles. The Morgan fingerprint density at radius 3 is 2.82 bits per heavy atom. The Morgan fingerprint density at radius 2 is 2.24 bits per heavy atom. The van der Waals surface area contributed by atoms with E-state index in [1.54, 1.807) is 37.0 Å². The van der Waals surface area contributed by atoms with Crippen molar-refractivity contribution < 1.29 is 4.79 Å². The molecule has 4 nitrogen and oxygen atoms in total. The van der Waals surface area contributed by atoms with Crippen molar-refractivity contribution in [2.75, 3.05) is 30.1 Å². The van der Waals surface area contributed by atoms with Crippen LogP contribution in [0.3, 0.4) is 0 Å². The number of amides is 1. The fourth-order valence-corrected chi connectivity index (χ4v) is 2.11. The number of hydrogen-bond acceptors (Lipinski definition) is 4. The van der Waals surface area contributed by atoms with Gasteiger partial charge in [-0.25, -0.2) is 0 Å². The molecule has 0 aliphatic carbocycles. The molecule has 0 aromatic heterocycles. The van der Waals surface area contributed by atoms with E-state index in [1.165, 1.54) is 0 Å². The van der Waals surface area contributed by atoms with Gasteiger partial charge >= 0.3 is 0 Å². The second-order valence-corrected chi connectivity index (χ2v) is 4.79. The van der Waals surface area contributed by atoms with Crippen LogP contribution in [0.5, 0.6) is 0 Å². The van der Waals surface area contributed by atoms with Gasteiger partial charge in [-0.1, -0.05) is 0 Å². The Balaban J connectivity index is 2.86. The van der Waals surface area contributed by atoms with Gasteiger partial charge in [-0.05, 0) is 31.4 Å². The Kier molecular flexibility index (Phi) is 5.15. The van der Waals surface area contributed by atoms with Crippen LogP contribution in [0.4, 0.5) is 11.4 Å². The SMILES string of the molecule is CNC(=O)c1ccc(N)c(NC(C)CSC)c1. The van der Waals surface area contributed by atoms with Gasteiger partial charge in [0, 0.05) is 24.4 Å². The Bertz CT molecular complexity index is 395. The zero-order chi connectivity index (χ0) is 12.8. The van der Waals surface area contributed by atoms with Gasteiger partial charge in [0.25, 0.3) is 5.91 Å². The standard InChI is InChI=1S/C12H19N3OS/c1-8(7-17-3)15-11-6-9(12(16)14-2)4-5-10(11)13/h4-6,8,15H,7,13H2,1-3H3,(H,14,16). The lowest BCUT2D eigenvalue weighted by Crippen LogP contribution is -2.21. The summed E-state index contributed by atoms with van der Waals surface area (Å²) in [6, 6.07) is 5.56. The number of carbonyl (C=O) groups excluding carboxylic acids is 1. The van der Waals surface area contributed by atoms with E-state index in [2.05, 4.69) is 23.8 Å². The first-order valence-electron chi connectivity index (χ1n) is 5.45. The molecule has 1 amide bonds. The second kappa shape index (κ2) is 6.39. The van der Waals surface area contributed by atoms with Gasteiger partial charge in [0.15, 0.2) is 0 Å². The molecule has 1 unspecified atom stereocenters. The summed E-state index contributed by atoms with van der Waals surface area (Å²) in [5.74, 6) is 0.884. The van der Waals surface area contributed by atoms with E-state index in [0.29, 0.717) is 17.3 Å². The van der Waals surface area contributed by atoms with Crippen molar-refractivity contribution in [2.24, 2.45) is 0 Å². The summed E-state index contributed by atoms with van der Waals surface area (Å²) in [6.45, 7) is 2.09. The van der Waals surface area contributed by atoms with Crippen LogP contribution in [-0.4, -0.2) is 31.0 Å². The van der Waals surface area contributed by atoms with E-state index in [-0.39, 0.29) is 5.91 Å². The highest BCUT2D eigenvalue weighted by Gasteiger charge is 2.08. The van der Waals surface area contributed by atoms with Crippen LogP contribution in [0, 0.1) is 0 Å². The fourth-order valence-electron chi connectivity index (χ4n) is 1.52. The molecular formula is C12H19N3OS. The second-order valence-electron chi connectivity index (χ2n) is 3.88. The lowest BCUT2D eigenvalue weighted by Gasteiger charge is -2.16. The minimum absolute atomic E-state index is 0.106. The topological polar surface area (TPSA) is 67.2 Å². The van der Waals surface area contributed by atoms with Crippen LogP contribution in [0.1, 0.15) is 17.3 Å². The van der Waals surface area contributed by atoms with Crippen molar-refractivity contribution in [1.29, 1.82) is 0 Å². The number of carbonyl (C=O) groups is 1. The molecule has 4 N–H and O–H groups in total. The Morgan fingerprint density at radius 1 is 1.53 bits per heavy atom. The summed E-state index contributed by atoms with van der Waals surface area (Å²) in [4.78, 5) is 11.5. The molecule has 1 atom stereocenters. The minimum Gasteiger partial charge on any atom is -0.397 e. The first kappa shape index (κ1) is 13.7. The van der Waals surface area contributed by atoms with Gasteiger partial charge in [-0.15, -0.1) is 0 Å². The zero-order valence-corrected chi connectivity index (χ0v) is 11.2. The maximum absolute atomic E-state index is 11.5. The number of thioether (sulfide) groups is 1. The highest BCUT2D eigenvalue weighted by molar-refractivity contribution is 7.98. The van der Waals surface area contributed by atoms with Crippen LogP contribution >= 0.6 is 11.8 Å². The number of nitrogens with two attached hydrogens (primary N) is 1. The number of hydrogen-bond donors (Lipinski definition) is 3. The lowest BCUT2D eigenvalue weighted by molar-refractivity contribution is 0.0963. The maximum atomic E-state index is 11.5. The monoisotopic (exact) mass is 253 g/mol. The van der Waals surface area contributed by atoms with Crippen LogP contribution in [0.2, 0.25) is 0 Å². The van der Waals surface area contributed by atoms with Crippen LogP contribution < -0.4 is 16.4 Å². The Labute approximate surface area is 106 Å². The van der Waals surface area contributed by atoms with Gasteiger partial charge in [-0.3, -0.25) is 4.79 Å². The number of nitrogen functional groups attached to an aromatic ring is 1. The molecule has 94 valence electrons. The van der Waals surface area contributed by atoms with Crippen LogP contribution in [-0.2, 0) is 0 Å². The molecule has 1 rings (SSSR count). The van der Waals surface area contributed by atoms with E-state index < -0.39 is 0 Å². The first-order chi connectivity index (χ1) is 8.08. The third-order valence-corrected chi connectivity index (χ3v) is 3.19. The summed E-state index contributed by atoms with van der Waals surface area (Å²) in [5.41, 5.74) is 7.96. The molecule has 0 heterocycles. The van der Waals surface area contributed by atoms with Gasteiger partial charge in [-0.2, -0.15) is 11.8 Å². The number of benzene rings is 1. The number of anilines is 2. The molecular weight excluding hydrogens is 234 g/mol.